The highest BCUT2D eigenvalue weighted by Crippen LogP contribution is 2.16. The van der Waals surface area contributed by atoms with Gasteiger partial charge in [0.2, 0.25) is 15.9 Å². The summed E-state index contributed by atoms with van der Waals surface area (Å²) in [7, 11) is -3.61. The first kappa shape index (κ1) is 12.1. The summed E-state index contributed by atoms with van der Waals surface area (Å²) in [5.41, 5.74) is 1.09. The Hall–Kier alpha value is -1.34. The first-order valence-electron chi connectivity index (χ1n) is 5.38. The molecule has 1 aliphatic rings. The van der Waals surface area contributed by atoms with Crippen molar-refractivity contribution >= 4 is 15.9 Å². The summed E-state index contributed by atoms with van der Waals surface area (Å²) < 4.78 is 22.3. The normalized spacial score (nSPS) is 21.1. The van der Waals surface area contributed by atoms with Gasteiger partial charge in [0.05, 0.1) is 0 Å². The van der Waals surface area contributed by atoms with Crippen LogP contribution in [-0.2, 0) is 21.2 Å². The molecule has 1 fully saturated rings. The maximum atomic E-state index is 11.6. The molecule has 0 aromatic carbocycles. The molecular weight excluding hydrogens is 242 g/mol. The Morgan fingerprint density at radius 2 is 2.29 bits per heavy atom. The molecule has 1 amide bonds. The van der Waals surface area contributed by atoms with E-state index in [4.69, 9.17) is 5.14 Å². The zero-order valence-electron chi connectivity index (χ0n) is 9.30. The van der Waals surface area contributed by atoms with Crippen molar-refractivity contribution in [3.05, 3.63) is 24.0 Å². The number of nitrogens with one attached hydrogen (secondary N) is 1. The van der Waals surface area contributed by atoms with E-state index in [1.54, 1.807) is 4.90 Å². The Morgan fingerprint density at radius 1 is 1.53 bits per heavy atom. The van der Waals surface area contributed by atoms with E-state index >= 15 is 0 Å². The third-order valence-corrected chi connectivity index (χ3v) is 4.22. The second kappa shape index (κ2) is 4.50. The smallest absolute Gasteiger partial charge is 0.224 e. The quantitative estimate of drug-likeness (QED) is 0.757. The van der Waals surface area contributed by atoms with Gasteiger partial charge in [0, 0.05) is 31.9 Å². The highest BCUT2D eigenvalue weighted by atomic mass is 32.2. The third-order valence-electron chi connectivity index (χ3n) is 2.98. The number of carbonyl (C=O) groups is 1. The summed E-state index contributed by atoms with van der Waals surface area (Å²) >= 11 is 0. The van der Waals surface area contributed by atoms with Gasteiger partial charge in [0.1, 0.15) is 5.25 Å². The third kappa shape index (κ3) is 2.86. The molecule has 7 heteroatoms. The standard InChI is InChI=1S/C10H15N3O3S/c11-17(15,16)9-5-10(14)13(7-9)4-2-8-1-3-12-6-8/h1,3,6,9,12H,2,4-5,7H2,(H2,11,15,16). The number of hydrogen-bond acceptors (Lipinski definition) is 3. The molecule has 3 N–H and O–H groups in total. The van der Waals surface area contributed by atoms with E-state index in [1.807, 2.05) is 18.5 Å². The van der Waals surface area contributed by atoms with Crippen molar-refractivity contribution < 1.29 is 13.2 Å². The second-order valence-electron chi connectivity index (χ2n) is 4.22. The molecule has 94 valence electrons. The van der Waals surface area contributed by atoms with Gasteiger partial charge >= 0.3 is 0 Å². The number of amides is 1. The van der Waals surface area contributed by atoms with Gasteiger partial charge in [-0.25, -0.2) is 13.6 Å². The highest BCUT2D eigenvalue weighted by Gasteiger charge is 2.35. The van der Waals surface area contributed by atoms with Crippen LogP contribution in [0.4, 0.5) is 0 Å². The molecule has 1 saturated heterocycles. The van der Waals surface area contributed by atoms with Crippen LogP contribution in [0.1, 0.15) is 12.0 Å². The number of sulfonamides is 1. The summed E-state index contributed by atoms with van der Waals surface area (Å²) in [5.74, 6) is -0.139. The van der Waals surface area contributed by atoms with Gasteiger partial charge in [0.15, 0.2) is 0 Å². The first-order valence-corrected chi connectivity index (χ1v) is 6.99. The first-order chi connectivity index (χ1) is 7.97. The number of aromatic nitrogens is 1. The predicted octanol–water partition coefficient (Wildman–Crippen LogP) is -0.553. The number of aromatic amines is 1. The number of hydrogen-bond donors (Lipinski definition) is 2. The summed E-state index contributed by atoms with van der Waals surface area (Å²) in [6.07, 6.45) is 4.39. The molecule has 0 bridgehead atoms. The lowest BCUT2D eigenvalue weighted by atomic mass is 10.2. The number of likely N-dealkylation sites (tertiary alicyclic amines) is 1. The van der Waals surface area contributed by atoms with Crippen LogP contribution in [0.3, 0.4) is 0 Å². The largest absolute Gasteiger partial charge is 0.367 e. The van der Waals surface area contributed by atoms with Crippen molar-refractivity contribution in [2.75, 3.05) is 13.1 Å². The number of carbonyl (C=O) groups excluding carboxylic acids is 1. The number of nitrogens with zero attached hydrogens (tertiary/aromatic N) is 1. The van der Waals surface area contributed by atoms with Crippen molar-refractivity contribution in [3.8, 4) is 0 Å². The van der Waals surface area contributed by atoms with Crippen LogP contribution in [-0.4, -0.2) is 42.5 Å². The van der Waals surface area contributed by atoms with E-state index in [0.717, 1.165) is 5.56 Å². The lowest BCUT2D eigenvalue weighted by Crippen LogP contribution is -2.33. The van der Waals surface area contributed by atoms with E-state index in [-0.39, 0.29) is 18.9 Å². The summed E-state index contributed by atoms with van der Waals surface area (Å²) in [5, 5.41) is 4.30. The molecular formula is C10H15N3O3S. The van der Waals surface area contributed by atoms with Crippen LogP contribution in [0.25, 0.3) is 0 Å². The van der Waals surface area contributed by atoms with Crippen LogP contribution in [0.15, 0.2) is 18.5 Å². The van der Waals surface area contributed by atoms with Crippen LogP contribution < -0.4 is 5.14 Å². The van der Waals surface area contributed by atoms with Gasteiger partial charge in [0.25, 0.3) is 0 Å². The number of nitrogens with two attached hydrogens (primary N) is 1. The van der Waals surface area contributed by atoms with Crippen LogP contribution in [0, 0.1) is 0 Å². The molecule has 6 nitrogen and oxygen atoms in total. The molecule has 2 heterocycles. The molecule has 0 aliphatic carbocycles. The second-order valence-corrected chi connectivity index (χ2v) is 6.07. The van der Waals surface area contributed by atoms with Crippen molar-refractivity contribution in [2.45, 2.75) is 18.1 Å². The lowest BCUT2D eigenvalue weighted by Gasteiger charge is -2.15. The molecule has 17 heavy (non-hydrogen) atoms. The molecule has 1 aliphatic heterocycles. The van der Waals surface area contributed by atoms with E-state index < -0.39 is 15.3 Å². The highest BCUT2D eigenvalue weighted by molar-refractivity contribution is 7.89. The maximum absolute atomic E-state index is 11.6. The Balaban J connectivity index is 1.93. The van der Waals surface area contributed by atoms with Crippen molar-refractivity contribution in [2.24, 2.45) is 5.14 Å². The Morgan fingerprint density at radius 3 is 2.82 bits per heavy atom. The van der Waals surface area contributed by atoms with E-state index in [0.29, 0.717) is 13.0 Å². The van der Waals surface area contributed by atoms with E-state index in [2.05, 4.69) is 4.98 Å². The fourth-order valence-corrected chi connectivity index (χ4v) is 2.71. The van der Waals surface area contributed by atoms with Crippen molar-refractivity contribution in [1.82, 2.24) is 9.88 Å². The van der Waals surface area contributed by atoms with Crippen LogP contribution in [0.5, 0.6) is 0 Å². The fraction of sp³-hybridized carbons (Fsp3) is 0.500. The van der Waals surface area contributed by atoms with Crippen molar-refractivity contribution in [1.29, 1.82) is 0 Å². The van der Waals surface area contributed by atoms with Crippen molar-refractivity contribution in [3.63, 3.8) is 0 Å². The molecule has 1 atom stereocenters. The zero-order valence-corrected chi connectivity index (χ0v) is 10.1. The molecule has 1 unspecified atom stereocenters. The molecule has 0 saturated carbocycles. The predicted molar refractivity (Wildman–Crippen MR) is 62.6 cm³/mol. The Labute approximate surface area is 99.8 Å². The number of primary sulfonamides is 1. The number of rotatable bonds is 4. The van der Waals surface area contributed by atoms with E-state index in [9.17, 15) is 13.2 Å². The monoisotopic (exact) mass is 257 g/mol. The average molecular weight is 257 g/mol. The molecule has 0 radical (unpaired) electrons. The van der Waals surface area contributed by atoms with Gasteiger partial charge < -0.3 is 9.88 Å². The van der Waals surface area contributed by atoms with Gasteiger partial charge in [-0.1, -0.05) is 0 Å². The fourth-order valence-electron chi connectivity index (χ4n) is 1.95. The van der Waals surface area contributed by atoms with Gasteiger partial charge in [-0.15, -0.1) is 0 Å². The Kier molecular flexibility index (Phi) is 3.21. The lowest BCUT2D eigenvalue weighted by molar-refractivity contribution is -0.127. The summed E-state index contributed by atoms with van der Waals surface area (Å²) in [6.45, 7) is 0.741. The van der Waals surface area contributed by atoms with Gasteiger partial charge in [-0.3, -0.25) is 4.79 Å². The van der Waals surface area contributed by atoms with Gasteiger partial charge in [-0.2, -0.15) is 0 Å². The summed E-state index contributed by atoms with van der Waals surface area (Å²) in [4.78, 5) is 16.1. The minimum Gasteiger partial charge on any atom is -0.367 e. The number of H-pyrrole nitrogens is 1. The van der Waals surface area contributed by atoms with Crippen LogP contribution in [0.2, 0.25) is 0 Å². The zero-order chi connectivity index (χ0) is 12.5. The topological polar surface area (TPSA) is 96.3 Å². The molecule has 1 aromatic heterocycles. The Bertz CT molecular complexity index is 495. The minimum atomic E-state index is -3.61. The maximum Gasteiger partial charge on any atom is 0.224 e. The molecule has 1 aromatic rings. The van der Waals surface area contributed by atoms with Crippen LogP contribution >= 0.6 is 0 Å². The van der Waals surface area contributed by atoms with Gasteiger partial charge in [-0.05, 0) is 18.1 Å². The SMILES string of the molecule is NS(=O)(=O)C1CC(=O)N(CCc2cc[nH]c2)C1. The average Bonchev–Trinajstić information content (AvgIpc) is 2.83. The molecule has 0 spiro atoms. The minimum absolute atomic E-state index is 0.00592. The molecule has 2 rings (SSSR count). The summed E-state index contributed by atoms with van der Waals surface area (Å²) in [6, 6.07) is 1.93. The van der Waals surface area contributed by atoms with E-state index in [1.165, 1.54) is 0 Å².